The predicted octanol–water partition coefficient (Wildman–Crippen LogP) is 7.33. The van der Waals surface area contributed by atoms with Gasteiger partial charge < -0.3 is 14.0 Å². The molecule has 0 bridgehead atoms. The van der Waals surface area contributed by atoms with Crippen molar-refractivity contribution in [2.24, 2.45) is 4.99 Å². The van der Waals surface area contributed by atoms with E-state index in [0.29, 0.717) is 33.8 Å². The molecule has 0 radical (unpaired) electrons. The lowest BCUT2D eigenvalue weighted by Crippen LogP contribution is -2.39. The summed E-state index contributed by atoms with van der Waals surface area (Å²) in [6.45, 7) is 9.72. The van der Waals surface area contributed by atoms with Crippen LogP contribution in [0.1, 0.15) is 55.3 Å². The molecule has 248 valence electrons. The molecule has 9 heteroatoms. The van der Waals surface area contributed by atoms with Crippen molar-refractivity contribution in [1.29, 1.82) is 0 Å². The third kappa shape index (κ3) is 6.44. The molecule has 0 unspecified atom stereocenters. The molecule has 7 rings (SSSR count). The summed E-state index contributed by atoms with van der Waals surface area (Å²) in [5.41, 5.74) is 4.81. The lowest BCUT2D eigenvalue weighted by Gasteiger charge is -2.24. The van der Waals surface area contributed by atoms with Gasteiger partial charge in [0.1, 0.15) is 18.4 Å². The van der Waals surface area contributed by atoms with Crippen molar-refractivity contribution in [2.75, 3.05) is 13.2 Å². The lowest BCUT2D eigenvalue weighted by molar-refractivity contribution is -0.138. The van der Waals surface area contributed by atoms with Crippen molar-refractivity contribution in [3.05, 3.63) is 149 Å². The molecule has 0 spiro atoms. The first kappa shape index (κ1) is 32.6. The van der Waals surface area contributed by atoms with E-state index in [9.17, 15) is 9.59 Å². The third-order valence-corrected chi connectivity index (χ3v) is 10.5. The van der Waals surface area contributed by atoms with E-state index in [1.54, 1.807) is 11.5 Å². The lowest BCUT2D eigenvalue weighted by atomic mass is 9.87. The smallest absolute Gasteiger partial charge is 0.338 e. The first-order valence-corrected chi connectivity index (χ1v) is 18.1. The Morgan fingerprint density at radius 1 is 0.959 bits per heavy atom. The standard InChI is InChI=1S/C40H37N3O4S2/c1-5-46-38(45)34-35(26-12-7-6-8-13-26)41-39-43(36(34)32-16-11-23-48-32)37(44)33(49-39)24-27-25-42(31-15-10-9-14-30(27)31)21-22-47-29-19-17-28(18-20-29)40(2,3)4/h6-20,23-25,36H,5,21-22H2,1-4H3/b33-24-/t36-/m1/s1. The fraction of sp³-hybridized carbons (Fsp3) is 0.225. The van der Waals surface area contributed by atoms with E-state index < -0.39 is 12.0 Å². The van der Waals surface area contributed by atoms with E-state index >= 15 is 0 Å². The summed E-state index contributed by atoms with van der Waals surface area (Å²) in [7, 11) is 0. The molecule has 6 aromatic rings. The Balaban J connectivity index is 1.28. The van der Waals surface area contributed by atoms with Crippen LogP contribution in [0.2, 0.25) is 0 Å². The quantitative estimate of drug-likeness (QED) is 0.149. The van der Waals surface area contributed by atoms with Crippen molar-refractivity contribution in [3.8, 4) is 5.75 Å². The number of para-hydroxylation sites is 1. The van der Waals surface area contributed by atoms with E-state index in [1.807, 2.05) is 78.2 Å². The Kier molecular flexibility index (Phi) is 8.96. The maximum Gasteiger partial charge on any atom is 0.338 e. The number of thiophene rings is 1. The maximum atomic E-state index is 14.3. The summed E-state index contributed by atoms with van der Waals surface area (Å²) < 4.78 is 16.1. The number of nitrogens with zero attached hydrogens (tertiary/aromatic N) is 3. The van der Waals surface area contributed by atoms with Crippen molar-refractivity contribution in [3.63, 3.8) is 0 Å². The summed E-state index contributed by atoms with van der Waals surface area (Å²) in [4.78, 5) is 34.3. The number of benzene rings is 3. The summed E-state index contributed by atoms with van der Waals surface area (Å²) in [6.07, 6.45) is 4.02. The largest absolute Gasteiger partial charge is 0.492 e. The van der Waals surface area contributed by atoms with E-state index in [0.717, 1.165) is 32.7 Å². The van der Waals surface area contributed by atoms with Crippen LogP contribution < -0.4 is 19.6 Å². The summed E-state index contributed by atoms with van der Waals surface area (Å²) in [6, 6.07) is 29.3. The van der Waals surface area contributed by atoms with Gasteiger partial charge in [-0.05, 0) is 53.6 Å². The van der Waals surface area contributed by atoms with Crippen LogP contribution in [0.3, 0.4) is 0 Å². The van der Waals surface area contributed by atoms with Gasteiger partial charge in [-0.15, -0.1) is 11.3 Å². The second-order valence-corrected chi connectivity index (χ2v) is 14.9. The molecule has 1 aliphatic heterocycles. The Hall–Kier alpha value is -4.99. The predicted molar refractivity (Wildman–Crippen MR) is 198 cm³/mol. The van der Waals surface area contributed by atoms with Gasteiger partial charge in [0.05, 0.1) is 29.0 Å². The van der Waals surface area contributed by atoms with Gasteiger partial charge >= 0.3 is 5.97 Å². The zero-order valence-corrected chi connectivity index (χ0v) is 29.5. The normalized spacial score (nSPS) is 14.9. The number of ether oxygens (including phenoxy) is 2. The molecule has 0 fully saturated rings. The summed E-state index contributed by atoms with van der Waals surface area (Å²) in [5.74, 6) is 0.358. The Morgan fingerprint density at radius 3 is 2.43 bits per heavy atom. The van der Waals surface area contributed by atoms with Gasteiger partial charge in [0.25, 0.3) is 5.56 Å². The average Bonchev–Trinajstić information content (AvgIpc) is 3.83. The van der Waals surface area contributed by atoms with Crippen LogP contribution >= 0.6 is 22.7 Å². The van der Waals surface area contributed by atoms with Crippen molar-refractivity contribution < 1.29 is 14.3 Å². The monoisotopic (exact) mass is 687 g/mol. The Bertz CT molecular complexity index is 2340. The van der Waals surface area contributed by atoms with Gasteiger partial charge in [-0.25, -0.2) is 9.79 Å². The fourth-order valence-corrected chi connectivity index (χ4v) is 8.00. The first-order chi connectivity index (χ1) is 23.7. The second kappa shape index (κ2) is 13.5. The molecule has 3 aromatic heterocycles. The number of carbonyl (C=O) groups is 1. The van der Waals surface area contributed by atoms with Gasteiger partial charge in [-0.2, -0.15) is 0 Å². The average molecular weight is 688 g/mol. The van der Waals surface area contributed by atoms with E-state index in [2.05, 4.69) is 55.8 Å². The molecule has 0 saturated carbocycles. The topological polar surface area (TPSA) is 74.8 Å². The Labute approximate surface area is 292 Å². The van der Waals surface area contributed by atoms with E-state index in [4.69, 9.17) is 14.5 Å². The highest BCUT2D eigenvalue weighted by molar-refractivity contribution is 7.10. The van der Waals surface area contributed by atoms with E-state index in [-0.39, 0.29) is 17.6 Å². The van der Waals surface area contributed by atoms with Crippen LogP contribution in [0.15, 0.2) is 118 Å². The number of hydrogen-bond donors (Lipinski definition) is 0. The number of hydrogen-bond acceptors (Lipinski definition) is 7. The minimum atomic E-state index is -0.663. The highest BCUT2D eigenvalue weighted by atomic mass is 32.1. The number of esters is 1. The highest BCUT2D eigenvalue weighted by Crippen LogP contribution is 2.37. The van der Waals surface area contributed by atoms with Gasteiger partial charge in [0.15, 0.2) is 4.80 Å². The van der Waals surface area contributed by atoms with Crippen molar-refractivity contribution in [2.45, 2.75) is 45.7 Å². The van der Waals surface area contributed by atoms with Gasteiger partial charge in [0, 0.05) is 33.1 Å². The molecule has 0 aliphatic carbocycles. The summed E-state index contributed by atoms with van der Waals surface area (Å²) >= 11 is 2.83. The zero-order chi connectivity index (χ0) is 34.1. The number of thiazole rings is 1. The number of aromatic nitrogens is 2. The number of fused-ring (bicyclic) bond motifs is 2. The molecule has 49 heavy (non-hydrogen) atoms. The number of carbonyl (C=O) groups excluding carboxylic acids is 1. The van der Waals surface area contributed by atoms with Gasteiger partial charge in [-0.1, -0.05) is 98.8 Å². The van der Waals surface area contributed by atoms with Gasteiger partial charge in [0.2, 0.25) is 0 Å². The maximum absolute atomic E-state index is 14.3. The first-order valence-electron chi connectivity index (χ1n) is 16.4. The second-order valence-electron chi connectivity index (χ2n) is 12.9. The van der Waals surface area contributed by atoms with Crippen LogP contribution in [-0.2, 0) is 21.5 Å². The molecule has 1 aliphatic rings. The van der Waals surface area contributed by atoms with Gasteiger partial charge in [-0.3, -0.25) is 9.36 Å². The number of rotatable bonds is 9. The fourth-order valence-electron chi connectivity index (χ4n) is 6.19. The molecular formula is C40H37N3O4S2. The molecule has 1 atom stereocenters. The molecule has 4 heterocycles. The minimum Gasteiger partial charge on any atom is -0.492 e. The van der Waals surface area contributed by atoms with Crippen molar-refractivity contribution >= 4 is 51.3 Å². The van der Waals surface area contributed by atoms with Crippen LogP contribution in [0.4, 0.5) is 0 Å². The van der Waals surface area contributed by atoms with Crippen LogP contribution in [0.25, 0.3) is 22.7 Å². The Morgan fingerprint density at radius 2 is 1.71 bits per heavy atom. The van der Waals surface area contributed by atoms with Crippen molar-refractivity contribution in [1.82, 2.24) is 9.13 Å². The molecule has 3 aromatic carbocycles. The minimum absolute atomic E-state index is 0.0859. The zero-order valence-electron chi connectivity index (χ0n) is 27.9. The molecule has 7 nitrogen and oxygen atoms in total. The SMILES string of the molecule is CCOC(=O)C1=C(c2ccccc2)N=c2s/c(=C\c3cn(CCOc4ccc(C(C)(C)C)cc4)c4ccccc34)c(=O)n2[C@@H]1c1cccs1. The van der Waals surface area contributed by atoms with Crippen LogP contribution in [0, 0.1) is 0 Å². The van der Waals surface area contributed by atoms with Crippen LogP contribution in [-0.4, -0.2) is 28.3 Å². The summed E-state index contributed by atoms with van der Waals surface area (Å²) in [5, 5.41) is 2.99. The third-order valence-electron chi connectivity index (χ3n) is 8.61. The molecule has 0 saturated heterocycles. The highest BCUT2D eigenvalue weighted by Gasteiger charge is 2.35. The molecular weight excluding hydrogens is 651 g/mol. The van der Waals surface area contributed by atoms with Crippen LogP contribution in [0.5, 0.6) is 5.75 Å². The van der Waals surface area contributed by atoms with E-state index in [1.165, 1.54) is 28.2 Å². The molecule has 0 N–H and O–H groups in total. The molecule has 0 amide bonds.